The van der Waals surface area contributed by atoms with Gasteiger partial charge in [0.2, 0.25) is 0 Å². The highest BCUT2D eigenvalue weighted by Crippen LogP contribution is 2.43. The normalized spacial score (nSPS) is 23.5. The molecule has 20 heavy (non-hydrogen) atoms. The molecule has 0 aromatic heterocycles. The molecule has 0 saturated heterocycles. The molecule has 1 atom stereocenters. The zero-order valence-electron chi connectivity index (χ0n) is 10.8. The molecule has 3 nitrogen and oxygen atoms in total. The Morgan fingerprint density at radius 1 is 1.10 bits per heavy atom. The highest BCUT2D eigenvalue weighted by molar-refractivity contribution is 6.30. The number of nitrogens with zero attached hydrogens (tertiary/aromatic N) is 2. The molecule has 100 valence electrons. The average molecular weight is 285 g/mol. The zero-order chi connectivity index (χ0) is 13.7. The number of halogens is 1. The fourth-order valence-corrected chi connectivity index (χ4v) is 3.24. The molecular weight excluding hydrogens is 272 g/mol. The van der Waals surface area contributed by atoms with E-state index in [0.717, 1.165) is 35.6 Å². The molecule has 0 bridgehead atoms. The zero-order valence-corrected chi connectivity index (χ0v) is 11.5. The van der Waals surface area contributed by atoms with Gasteiger partial charge in [-0.3, -0.25) is 4.99 Å². The van der Waals surface area contributed by atoms with Crippen LogP contribution in [0.2, 0.25) is 5.02 Å². The standard InChI is InChI=1S/C16H13ClN2O/c17-12-7-5-11(6-8-12)16(20)14-4-2-1-3-13(14)15-18-9-10-19(15)16/h1-8,20H,9-10H2/t16-/m1/s1. The van der Waals surface area contributed by atoms with Crippen LogP contribution in [0.15, 0.2) is 53.5 Å². The second-order valence-electron chi connectivity index (χ2n) is 5.08. The quantitative estimate of drug-likeness (QED) is 0.874. The second-order valence-corrected chi connectivity index (χ2v) is 5.52. The lowest BCUT2D eigenvalue weighted by Crippen LogP contribution is -2.43. The van der Waals surface area contributed by atoms with Crippen LogP contribution in [0.3, 0.4) is 0 Å². The van der Waals surface area contributed by atoms with Crippen LogP contribution in [0, 0.1) is 0 Å². The van der Waals surface area contributed by atoms with E-state index in [9.17, 15) is 5.11 Å². The SMILES string of the molecule is O[C@]1(c2ccc(Cl)cc2)c2ccccc2C2=NCCN21. The average Bonchev–Trinajstić information content (AvgIpc) is 3.04. The van der Waals surface area contributed by atoms with Crippen LogP contribution in [0.25, 0.3) is 0 Å². The lowest BCUT2D eigenvalue weighted by Gasteiger charge is -2.33. The van der Waals surface area contributed by atoms with Gasteiger partial charge in [0, 0.05) is 28.3 Å². The van der Waals surface area contributed by atoms with Crippen molar-refractivity contribution in [1.29, 1.82) is 0 Å². The predicted octanol–water partition coefficient (Wildman–Crippen LogP) is 2.61. The van der Waals surface area contributed by atoms with Gasteiger partial charge in [-0.25, -0.2) is 0 Å². The minimum absolute atomic E-state index is 0.666. The Morgan fingerprint density at radius 3 is 2.65 bits per heavy atom. The van der Waals surface area contributed by atoms with Crippen molar-refractivity contribution in [2.45, 2.75) is 5.72 Å². The maximum absolute atomic E-state index is 11.4. The van der Waals surface area contributed by atoms with Crippen molar-refractivity contribution < 1.29 is 5.11 Å². The van der Waals surface area contributed by atoms with Gasteiger partial charge < -0.3 is 10.0 Å². The summed E-state index contributed by atoms with van der Waals surface area (Å²) in [6.45, 7) is 1.45. The van der Waals surface area contributed by atoms with E-state index in [-0.39, 0.29) is 0 Å². The Kier molecular flexibility index (Phi) is 2.43. The number of hydrogen-bond acceptors (Lipinski definition) is 3. The van der Waals surface area contributed by atoms with Crippen molar-refractivity contribution in [3.63, 3.8) is 0 Å². The Morgan fingerprint density at radius 2 is 1.85 bits per heavy atom. The third-order valence-corrected chi connectivity index (χ3v) is 4.27. The van der Waals surface area contributed by atoms with Gasteiger partial charge in [-0.2, -0.15) is 0 Å². The monoisotopic (exact) mass is 284 g/mol. The van der Waals surface area contributed by atoms with Crippen molar-refractivity contribution in [2.75, 3.05) is 13.1 Å². The van der Waals surface area contributed by atoms with Crippen molar-refractivity contribution in [1.82, 2.24) is 4.90 Å². The predicted molar refractivity (Wildman–Crippen MR) is 79.0 cm³/mol. The molecule has 2 aliphatic rings. The first kappa shape index (κ1) is 11.9. The van der Waals surface area contributed by atoms with Crippen molar-refractivity contribution in [3.05, 3.63) is 70.2 Å². The van der Waals surface area contributed by atoms with Crippen LogP contribution in [0.5, 0.6) is 0 Å². The maximum Gasteiger partial charge on any atom is 0.193 e. The molecule has 0 fully saturated rings. The molecule has 4 heteroatoms. The van der Waals surface area contributed by atoms with Crippen LogP contribution >= 0.6 is 11.6 Å². The maximum atomic E-state index is 11.4. The molecule has 4 rings (SSSR count). The smallest absolute Gasteiger partial charge is 0.193 e. The molecule has 0 spiro atoms. The second kappa shape index (κ2) is 4.08. The fourth-order valence-electron chi connectivity index (χ4n) is 3.11. The van der Waals surface area contributed by atoms with E-state index in [2.05, 4.69) is 4.99 Å². The highest BCUT2D eigenvalue weighted by atomic mass is 35.5. The van der Waals surface area contributed by atoms with E-state index in [4.69, 9.17) is 11.6 Å². The van der Waals surface area contributed by atoms with Gasteiger partial charge in [-0.05, 0) is 12.1 Å². The first-order valence-electron chi connectivity index (χ1n) is 6.61. The Bertz CT molecular complexity index is 711. The number of aliphatic hydroxyl groups is 1. The van der Waals surface area contributed by atoms with E-state index in [1.807, 2.05) is 53.4 Å². The Balaban J connectivity index is 1.97. The van der Waals surface area contributed by atoms with Gasteiger partial charge in [0.1, 0.15) is 5.84 Å². The van der Waals surface area contributed by atoms with E-state index < -0.39 is 5.72 Å². The van der Waals surface area contributed by atoms with Crippen LogP contribution in [-0.4, -0.2) is 28.9 Å². The number of rotatable bonds is 1. The highest BCUT2D eigenvalue weighted by Gasteiger charge is 2.49. The van der Waals surface area contributed by atoms with Gasteiger partial charge >= 0.3 is 0 Å². The molecule has 2 aliphatic heterocycles. The topological polar surface area (TPSA) is 35.8 Å². The Labute approximate surface area is 122 Å². The van der Waals surface area contributed by atoms with Gasteiger partial charge in [-0.1, -0.05) is 48.0 Å². The summed E-state index contributed by atoms with van der Waals surface area (Å²) in [5.41, 5.74) is 1.58. The van der Waals surface area contributed by atoms with E-state index >= 15 is 0 Å². The molecule has 0 amide bonds. The molecular formula is C16H13ClN2O. The van der Waals surface area contributed by atoms with Gasteiger partial charge in [0.25, 0.3) is 0 Å². The van der Waals surface area contributed by atoms with E-state index in [0.29, 0.717) is 5.02 Å². The van der Waals surface area contributed by atoms with E-state index in [1.165, 1.54) is 0 Å². The molecule has 2 heterocycles. The summed E-state index contributed by atoms with van der Waals surface area (Å²) < 4.78 is 0. The van der Waals surface area contributed by atoms with Crippen molar-refractivity contribution in [2.24, 2.45) is 4.99 Å². The largest absolute Gasteiger partial charge is 0.363 e. The first-order valence-corrected chi connectivity index (χ1v) is 6.99. The van der Waals surface area contributed by atoms with Crippen LogP contribution in [0.4, 0.5) is 0 Å². The molecule has 2 aromatic carbocycles. The molecule has 2 aromatic rings. The summed E-state index contributed by atoms with van der Waals surface area (Å²) in [6.07, 6.45) is 0. The summed E-state index contributed by atoms with van der Waals surface area (Å²) >= 11 is 5.96. The number of hydrogen-bond donors (Lipinski definition) is 1. The van der Waals surface area contributed by atoms with E-state index in [1.54, 1.807) is 0 Å². The molecule has 0 unspecified atom stereocenters. The Hall–Kier alpha value is -1.84. The molecule has 1 N–H and O–H groups in total. The number of fused-ring (bicyclic) bond motifs is 3. The summed E-state index contributed by atoms with van der Waals surface area (Å²) in [5.74, 6) is 0.887. The van der Waals surface area contributed by atoms with Gasteiger partial charge in [-0.15, -0.1) is 0 Å². The minimum atomic E-state index is -1.14. The fraction of sp³-hybridized carbons (Fsp3) is 0.188. The van der Waals surface area contributed by atoms with Crippen LogP contribution in [-0.2, 0) is 5.72 Å². The van der Waals surface area contributed by atoms with Crippen LogP contribution < -0.4 is 0 Å². The van der Waals surface area contributed by atoms with Gasteiger partial charge in [0.15, 0.2) is 5.72 Å². The van der Waals surface area contributed by atoms with Crippen molar-refractivity contribution >= 4 is 17.4 Å². The number of amidine groups is 1. The number of benzene rings is 2. The lowest BCUT2D eigenvalue weighted by molar-refractivity contribution is -0.0242. The van der Waals surface area contributed by atoms with Crippen LogP contribution in [0.1, 0.15) is 16.7 Å². The third kappa shape index (κ3) is 1.42. The molecule has 0 radical (unpaired) electrons. The third-order valence-electron chi connectivity index (χ3n) is 4.02. The summed E-state index contributed by atoms with van der Waals surface area (Å²) in [4.78, 5) is 6.51. The minimum Gasteiger partial charge on any atom is -0.363 e. The van der Waals surface area contributed by atoms with Crippen molar-refractivity contribution in [3.8, 4) is 0 Å². The molecule has 0 aliphatic carbocycles. The number of aliphatic imine (C=N–C) groups is 1. The summed E-state index contributed by atoms with van der Waals surface area (Å²) in [6, 6.07) is 15.3. The summed E-state index contributed by atoms with van der Waals surface area (Å²) in [7, 11) is 0. The first-order chi connectivity index (χ1) is 9.71. The lowest BCUT2D eigenvalue weighted by atomic mass is 9.94. The molecule has 0 saturated carbocycles. The van der Waals surface area contributed by atoms with Gasteiger partial charge in [0.05, 0.1) is 6.54 Å². The summed E-state index contributed by atoms with van der Waals surface area (Å²) in [5, 5.41) is 12.0.